The molecular formula is C15H18F2N2O2. The van der Waals surface area contributed by atoms with Crippen molar-refractivity contribution in [1.29, 1.82) is 0 Å². The number of primary amides is 1. The number of nitrogens with two attached hydrogens (primary N) is 1. The molecule has 3 N–H and O–H groups in total. The van der Waals surface area contributed by atoms with Crippen LogP contribution in [0.5, 0.6) is 0 Å². The fraction of sp³-hybridized carbons (Fsp3) is 0.333. The van der Waals surface area contributed by atoms with Crippen LogP contribution in [0.1, 0.15) is 25.8 Å². The van der Waals surface area contributed by atoms with Gasteiger partial charge in [-0.25, -0.2) is 8.78 Å². The lowest BCUT2D eigenvalue weighted by Gasteiger charge is -2.14. The molecule has 2 amide bonds. The Kier molecular flexibility index (Phi) is 6.02. The van der Waals surface area contributed by atoms with Crippen LogP contribution in [-0.4, -0.2) is 17.9 Å². The molecule has 0 aliphatic rings. The van der Waals surface area contributed by atoms with Crippen LogP contribution < -0.4 is 11.1 Å². The van der Waals surface area contributed by atoms with E-state index in [-0.39, 0.29) is 12.0 Å². The van der Waals surface area contributed by atoms with Gasteiger partial charge in [0.1, 0.15) is 17.7 Å². The molecule has 0 radical (unpaired) electrons. The van der Waals surface area contributed by atoms with Gasteiger partial charge < -0.3 is 11.1 Å². The van der Waals surface area contributed by atoms with Crippen LogP contribution in [0.15, 0.2) is 29.8 Å². The minimum absolute atomic E-state index is 0.239. The van der Waals surface area contributed by atoms with Crippen LogP contribution in [0.2, 0.25) is 0 Å². The van der Waals surface area contributed by atoms with E-state index >= 15 is 0 Å². The SMILES string of the molecule is CC(C)=CC[C@@H](NC(=O)Cc1c(F)cccc1F)C(N)=O. The second kappa shape index (κ2) is 7.52. The van der Waals surface area contributed by atoms with Gasteiger partial charge in [-0.15, -0.1) is 0 Å². The summed E-state index contributed by atoms with van der Waals surface area (Å²) in [5.74, 6) is -2.96. The first kappa shape index (κ1) is 16.8. The summed E-state index contributed by atoms with van der Waals surface area (Å²) in [4.78, 5) is 23.1. The third-order valence-corrected chi connectivity index (χ3v) is 2.84. The Morgan fingerprint density at radius 1 is 1.29 bits per heavy atom. The van der Waals surface area contributed by atoms with E-state index in [9.17, 15) is 18.4 Å². The number of allylic oxidation sites excluding steroid dienone is 1. The first-order valence-electron chi connectivity index (χ1n) is 6.46. The van der Waals surface area contributed by atoms with Crippen molar-refractivity contribution >= 4 is 11.8 Å². The van der Waals surface area contributed by atoms with Gasteiger partial charge in [-0.05, 0) is 32.4 Å². The fourth-order valence-electron chi connectivity index (χ4n) is 1.71. The molecule has 1 atom stereocenters. The molecule has 0 spiro atoms. The lowest BCUT2D eigenvalue weighted by molar-refractivity contribution is -0.127. The van der Waals surface area contributed by atoms with Crippen molar-refractivity contribution in [2.24, 2.45) is 5.73 Å². The fourth-order valence-corrected chi connectivity index (χ4v) is 1.71. The highest BCUT2D eigenvalue weighted by atomic mass is 19.1. The zero-order valence-corrected chi connectivity index (χ0v) is 12.0. The topological polar surface area (TPSA) is 72.2 Å². The predicted molar refractivity (Wildman–Crippen MR) is 75.2 cm³/mol. The summed E-state index contributed by atoms with van der Waals surface area (Å²) in [5.41, 5.74) is 5.83. The maximum absolute atomic E-state index is 13.4. The molecule has 21 heavy (non-hydrogen) atoms. The summed E-state index contributed by atoms with van der Waals surface area (Å²) < 4.78 is 26.9. The Morgan fingerprint density at radius 3 is 2.33 bits per heavy atom. The molecule has 1 aromatic rings. The summed E-state index contributed by atoms with van der Waals surface area (Å²) in [5, 5.41) is 2.38. The van der Waals surface area contributed by atoms with Gasteiger partial charge in [-0.2, -0.15) is 0 Å². The molecule has 0 unspecified atom stereocenters. The normalized spacial score (nSPS) is 11.6. The first-order chi connectivity index (χ1) is 9.81. The molecule has 0 saturated carbocycles. The van der Waals surface area contributed by atoms with Gasteiger partial charge >= 0.3 is 0 Å². The minimum Gasteiger partial charge on any atom is -0.368 e. The van der Waals surface area contributed by atoms with E-state index in [1.807, 2.05) is 13.8 Å². The van der Waals surface area contributed by atoms with Gasteiger partial charge in [-0.3, -0.25) is 9.59 Å². The summed E-state index contributed by atoms with van der Waals surface area (Å²) >= 11 is 0. The molecule has 6 heteroatoms. The Hall–Kier alpha value is -2.24. The van der Waals surface area contributed by atoms with Gasteiger partial charge in [0, 0.05) is 5.56 Å². The molecule has 1 aromatic carbocycles. The third-order valence-electron chi connectivity index (χ3n) is 2.84. The summed E-state index contributed by atoms with van der Waals surface area (Å²) in [7, 11) is 0. The number of hydrogen-bond acceptors (Lipinski definition) is 2. The van der Waals surface area contributed by atoms with Crippen molar-refractivity contribution in [2.75, 3.05) is 0 Å². The number of halogens is 2. The van der Waals surface area contributed by atoms with Crippen LogP contribution in [0, 0.1) is 11.6 Å². The highest BCUT2D eigenvalue weighted by molar-refractivity contribution is 5.87. The molecule has 0 aliphatic carbocycles. The summed E-state index contributed by atoms with van der Waals surface area (Å²) in [6.07, 6.45) is 1.50. The minimum atomic E-state index is -0.901. The Balaban J connectivity index is 2.75. The van der Waals surface area contributed by atoms with Gasteiger partial charge in [-0.1, -0.05) is 17.7 Å². The number of rotatable bonds is 6. The average molecular weight is 296 g/mol. The Bertz CT molecular complexity index is 547. The molecule has 0 aliphatic heterocycles. The first-order valence-corrected chi connectivity index (χ1v) is 6.46. The van der Waals surface area contributed by atoms with Crippen LogP contribution in [-0.2, 0) is 16.0 Å². The van der Waals surface area contributed by atoms with Crippen molar-refractivity contribution in [3.63, 3.8) is 0 Å². The summed E-state index contributed by atoms with van der Waals surface area (Å²) in [6.45, 7) is 3.68. The van der Waals surface area contributed by atoms with Crippen molar-refractivity contribution in [3.8, 4) is 0 Å². The zero-order chi connectivity index (χ0) is 16.0. The summed E-state index contributed by atoms with van der Waals surface area (Å²) in [6, 6.07) is 2.45. The van der Waals surface area contributed by atoms with E-state index in [1.54, 1.807) is 6.08 Å². The number of benzene rings is 1. The number of carbonyl (C=O) groups is 2. The van der Waals surface area contributed by atoms with Crippen LogP contribution in [0.25, 0.3) is 0 Å². The Morgan fingerprint density at radius 2 is 1.86 bits per heavy atom. The van der Waals surface area contributed by atoms with Gasteiger partial charge in [0.25, 0.3) is 0 Å². The zero-order valence-electron chi connectivity index (χ0n) is 12.0. The lowest BCUT2D eigenvalue weighted by atomic mass is 10.1. The molecule has 0 aromatic heterocycles. The molecule has 1 rings (SSSR count). The van der Waals surface area contributed by atoms with Crippen molar-refractivity contribution < 1.29 is 18.4 Å². The standard InChI is InChI=1S/C15H18F2N2O2/c1-9(2)6-7-13(15(18)21)19-14(20)8-10-11(16)4-3-5-12(10)17/h3-6,13H,7-8H2,1-2H3,(H2,18,21)(H,19,20)/t13-/m1/s1. The van der Waals surface area contributed by atoms with E-state index in [0.29, 0.717) is 0 Å². The maximum atomic E-state index is 13.4. The molecule has 0 heterocycles. The van der Waals surface area contributed by atoms with Crippen molar-refractivity contribution in [3.05, 3.63) is 47.0 Å². The van der Waals surface area contributed by atoms with E-state index in [4.69, 9.17) is 5.73 Å². The van der Waals surface area contributed by atoms with E-state index in [0.717, 1.165) is 17.7 Å². The number of nitrogens with one attached hydrogen (secondary N) is 1. The largest absolute Gasteiger partial charge is 0.368 e. The van der Waals surface area contributed by atoms with Crippen LogP contribution in [0.4, 0.5) is 8.78 Å². The number of amides is 2. The molecule has 114 valence electrons. The second-order valence-corrected chi connectivity index (χ2v) is 4.92. The Labute approximate surface area is 122 Å². The lowest BCUT2D eigenvalue weighted by Crippen LogP contribution is -2.44. The molecule has 0 fully saturated rings. The highest BCUT2D eigenvalue weighted by Gasteiger charge is 2.19. The second-order valence-electron chi connectivity index (χ2n) is 4.92. The molecule has 4 nitrogen and oxygen atoms in total. The third kappa shape index (κ3) is 5.33. The van der Waals surface area contributed by atoms with Gasteiger partial charge in [0.05, 0.1) is 6.42 Å². The number of hydrogen-bond donors (Lipinski definition) is 2. The van der Waals surface area contributed by atoms with Crippen LogP contribution in [0.3, 0.4) is 0 Å². The molecular weight excluding hydrogens is 278 g/mol. The van der Waals surface area contributed by atoms with Gasteiger partial charge in [0.15, 0.2) is 0 Å². The predicted octanol–water partition coefficient (Wildman–Crippen LogP) is 1.83. The van der Waals surface area contributed by atoms with E-state index in [2.05, 4.69) is 5.32 Å². The van der Waals surface area contributed by atoms with Crippen molar-refractivity contribution in [1.82, 2.24) is 5.32 Å². The van der Waals surface area contributed by atoms with Gasteiger partial charge in [0.2, 0.25) is 11.8 Å². The molecule has 0 bridgehead atoms. The van der Waals surface area contributed by atoms with Crippen molar-refractivity contribution in [2.45, 2.75) is 32.7 Å². The van der Waals surface area contributed by atoms with E-state index < -0.39 is 35.9 Å². The smallest absolute Gasteiger partial charge is 0.240 e. The van der Waals surface area contributed by atoms with Crippen LogP contribution >= 0.6 is 0 Å². The molecule has 0 saturated heterocycles. The monoisotopic (exact) mass is 296 g/mol. The number of carbonyl (C=O) groups excluding carboxylic acids is 2. The van der Waals surface area contributed by atoms with E-state index in [1.165, 1.54) is 6.07 Å². The quantitative estimate of drug-likeness (QED) is 0.786. The average Bonchev–Trinajstić information content (AvgIpc) is 2.38. The maximum Gasteiger partial charge on any atom is 0.240 e. The highest BCUT2D eigenvalue weighted by Crippen LogP contribution is 2.12.